The van der Waals surface area contributed by atoms with Crippen molar-refractivity contribution in [3.63, 3.8) is 0 Å². The van der Waals surface area contributed by atoms with E-state index in [0.29, 0.717) is 5.69 Å². The SMILES string of the molecule is CC(CN1CCOCC1)Nc1ccccc1S(N)(=O)=O. The van der Waals surface area contributed by atoms with Crippen molar-refractivity contribution < 1.29 is 13.2 Å². The van der Waals surface area contributed by atoms with Crippen molar-refractivity contribution in [1.29, 1.82) is 0 Å². The molecule has 0 radical (unpaired) electrons. The highest BCUT2D eigenvalue weighted by Crippen LogP contribution is 2.20. The summed E-state index contributed by atoms with van der Waals surface area (Å²) in [7, 11) is -3.71. The number of hydrogen-bond donors (Lipinski definition) is 2. The van der Waals surface area contributed by atoms with Crippen molar-refractivity contribution in [2.24, 2.45) is 5.14 Å². The van der Waals surface area contributed by atoms with Gasteiger partial charge in [-0.2, -0.15) is 0 Å². The molecule has 1 saturated heterocycles. The Kier molecular flexibility index (Phi) is 4.98. The Morgan fingerprint density at radius 3 is 2.65 bits per heavy atom. The molecule has 0 bridgehead atoms. The van der Waals surface area contributed by atoms with Gasteiger partial charge in [-0.05, 0) is 19.1 Å². The highest BCUT2D eigenvalue weighted by Gasteiger charge is 2.17. The van der Waals surface area contributed by atoms with E-state index in [0.717, 1.165) is 32.8 Å². The van der Waals surface area contributed by atoms with Crippen LogP contribution in [0.15, 0.2) is 29.2 Å². The summed E-state index contributed by atoms with van der Waals surface area (Å²) in [6.07, 6.45) is 0. The van der Waals surface area contributed by atoms with Crippen LogP contribution < -0.4 is 10.5 Å². The Hall–Kier alpha value is -1.15. The van der Waals surface area contributed by atoms with E-state index in [1.807, 2.05) is 6.92 Å². The minimum atomic E-state index is -3.71. The second kappa shape index (κ2) is 6.53. The minimum absolute atomic E-state index is 0.121. The second-order valence-electron chi connectivity index (χ2n) is 5.00. The number of nitrogens with two attached hydrogens (primary N) is 1. The number of rotatable bonds is 5. The average Bonchev–Trinajstić information content (AvgIpc) is 2.39. The van der Waals surface area contributed by atoms with Crippen LogP contribution in [0.1, 0.15) is 6.92 Å². The number of ether oxygens (including phenoxy) is 1. The van der Waals surface area contributed by atoms with Gasteiger partial charge in [-0.3, -0.25) is 4.90 Å². The molecule has 0 saturated carbocycles. The number of benzene rings is 1. The van der Waals surface area contributed by atoms with E-state index in [2.05, 4.69) is 10.2 Å². The monoisotopic (exact) mass is 299 g/mol. The van der Waals surface area contributed by atoms with E-state index < -0.39 is 10.0 Å². The van der Waals surface area contributed by atoms with Crippen LogP contribution in [0.4, 0.5) is 5.69 Å². The lowest BCUT2D eigenvalue weighted by Crippen LogP contribution is -2.42. The Bertz CT molecular complexity index is 542. The quantitative estimate of drug-likeness (QED) is 0.825. The zero-order valence-electron chi connectivity index (χ0n) is 11.6. The second-order valence-corrected chi connectivity index (χ2v) is 6.53. The van der Waals surface area contributed by atoms with E-state index in [9.17, 15) is 8.42 Å². The van der Waals surface area contributed by atoms with Gasteiger partial charge in [-0.25, -0.2) is 13.6 Å². The van der Waals surface area contributed by atoms with Gasteiger partial charge in [0.1, 0.15) is 4.90 Å². The van der Waals surface area contributed by atoms with Gasteiger partial charge in [-0.15, -0.1) is 0 Å². The Morgan fingerprint density at radius 2 is 2.00 bits per heavy atom. The molecule has 1 unspecified atom stereocenters. The number of primary sulfonamides is 1. The van der Waals surface area contributed by atoms with Crippen molar-refractivity contribution in [3.8, 4) is 0 Å². The van der Waals surface area contributed by atoms with Crippen LogP contribution in [0.2, 0.25) is 0 Å². The summed E-state index contributed by atoms with van der Waals surface area (Å²) in [5.41, 5.74) is 0.552. The topological polar surface area (TPSA) is 84.7 Å². The molecule has 0 aliphatic carbocycles. The van der Waals surface area contributed by atoms with Gasteiger partial charge in [-0.1, -0.05) is 12.1 Å². The van der Waals surface area contributed by atoms with Gasteiger partial charge in [0.25, 0.3) is 0 Å². The molecule has 0 aromatic heterocycles. The summed E-state index contributed by atoms with van der Waals surface area (Å²) in [5.74, 6) is 0. The fraction of sp³-hybridized carbons (Fsp3) is 0.538. The summed E-state index contributed by atoms with van der Waals surface area (Å²) in [6.45, 7) is 6.17. The fourth-order valence-corrected chi connectivity index (χ4v) is 3.02. The molecule has 1 aliphatic heterocycles. The van der Waals surface area contributed by atoms with Crippen LogP contribution in [-0.2, 0) is 14.8 Å². The molecule has 7 heteroatoms. The van der Waals surface area contributed by atoms with Crippen molar-refractivity contribution in [2.75, 3.05) is 38.2 Å². The normalized spacial score (nSPS) is 18.7. The van der Waals surface area contributed by atoms with Crippen LogP contribution in [0.5, 0.6) is 0 Å². The summed E-state index contributed by atoms with van der Waals surface area (Å²) >= 11 is 0. The fourth-order valence-electron chi connectivity index (χ4n) is 2.32. The van der Waals surface area contributed by atoms with Crippen molar-refractivity contribution in [3.05, 3.63) is 24.3 Å². The zero-order chi connectivity index (χ0) is 14.6. The number of sulfonamides is 1. The Morgan fingerprint density at radius 1 is 1.35 bits per heavy atom. The van der Waals surface area contributed by atoms with Crippen LogP contribution in [0.3, 0.4) is 0 Å². The van der Waals surface area contributed by atoms with Gasteiger partial charge >= 0.3 is 0 Å². The largest absolute Gasteiger partial charge is 0.380 e. The Labute approximate surface area is 120 Å². The van der Waals surface area contributed by atoms with E-state index in [1.54, 1.807) is 18.2 Å². The smallest absolute Gasteiger partial charge is 0.240 e. The van der Waals surface area contributed by atoms with E-state index in [4.69, 9.17) is 9.88 Å². The van der Waals surface area contributed by atoms with Gasteiger partial charge in [0.05, 0.1) is 18.9 Å². The summed E-state index contributed by atoms with van der Waals surface area (Å²) in [5, 5.41) is 8.45. The third-order valence-electron chi connectivity index (χ3n) is 3.23. The predicted octanol–water partition coefficient (Wildman–Crippen LogP) is 0.467. The van der Waals surface area contributed by atoms with Crippen molar-refractivity contribution >= 4 is 15.7 Å². The highest BCUT2D eigenvalue weighted by atomic mass is 32.2. The number of morpholine rings is 1. The van der Waals surface area contributed by atoms with Gasteiger partial charge < -0.3 is 10.1 Å². The van der Waals surface area contributed by atoms with Crippen LogP contribution >= 0.6 is 0 Å². The maximum absolute atomic E-state index is 11.5. The lowest BCUT2D eigenvalue weighted by Gasteiger charge is -2.30. The number of para-hydroxylation sites is 1. The standard InChI is InChI=1S/C13H21N3O3S/c1-11(10-16-6-8-19-9-7-16)15-12-4-2-3-5-13(12)20(14,17)18/h2-5,11,15H,6-10H2,1H3,(H2,14,17,18). The summed E-state index contributed by atoms with van der Waals surface area (Å²) in [4.78, 5) is 2.43. The molecule has 3 N–H and O–H groups in total. The van der Waals surface area contributed by atoms with Gasteiger partial charge in [0, 0.05) is 25.7 Å². The Balaban J connectivity index is 2.02. The zero-order valence-corrected chi connectivity index (χ0v) is 12.4. The number of nitrogens with zero attached hydrogens (tertiary/aromatic N) is 1. The molecule has 1 aromatic rings. The van der Waals surface area contributed by atoms with E-state index in [1.165, 1.54) is 6.07 Å². The number of anilines is 1. The molecular formula is C13H21N3O3S. The lowest BCUT2D eigenvalue weighted by atomic mass is 10.2. The lowest BCUT2D eigenvalue weighted by molar-refractivity contribution is 0.0368. The first-order chi connectivity index (χ1) is 9.47. The molecule has 6 nitrogen and oxygen atoms in total. The molecule has 112 valence electrons. The van der Waals surface area contributed by atoms with Crippen molar-refractivity contribution in [2.45, 2.75) is 17.9 Å². The molecule has 1 aromatic carbocycles. The van der Waals surface area contributed by atoms with E-state index in [-0.39, 0.29) is 10.9 Å². The van der Waals surface area contributed by atoms with Gasteiger partial charge in [0.2, 0.25) is 10.0 Å². The minimum Gasteiger partial charge on any atom is -0.380 e. The van der Waals surface area contributed by atoms with Crippen LogP contribution in [-0.4, -0.2) is 52.2 Å². The number of hydrogen-bond acceptors (Lipinski definition) is 5. The molecule has 1 atom stereocenters. The van der Waals surface area contributed by atoms with Gasteiger partial charge in [0.15, 0.2) is 0 Å². The summed E-state index contributed by atoms with van der Waals surface area (Å²) in [6, 6.07) is 6.82. The highest BCUT2D eigenvalue weighted by molar-refractivity contribution is 7.89. The first-order valence-electron chi connectivity index (χ1n) is 6.65. The number of nitrogens with one attached hydrogen (secondary N) is 1. The third kappa shape index (κ3) is 4.17. The molecule has 1 aliphatic rings. The predicted molar refractivity (Wildman–Crippen MR) is 78.2 cm³/mol. The molecule has 1 fully saturated rings. The van der Waals surface area contributed by atoms with Crippen LogP contribution in [0.25, 0.3) is 0 Å². The molecule has 1 heterocycles. The first-order valence-corrected chi connectivity index (χ1v) is 8.20. The molecule has 2 rings (SSSR count). The molecular weight excluding hydrogens is 278 g/mol. The van der Waals surface area contributed by atoms with Crippen molar-refractivity contribution in [1.82, 2.24) is 4.90 Å². The molecule has 20 heavy (non-hydrogen) atoms. The third-order valence-corrected chi connectivity index (χ3v) is 4.20. The maximum Gasteiger partial charge on any atom is 0.240 e. The first kappa shape index (κ1) is 15.2. The molecule has 0 spiro atoms. The van der Waals surface area contributed by atoms with Crippen LogP contribution in [0, 0.1) is 0 Å². The maximum atomic E-state index is 11.5. The molecule has 0 amide bonds. The summed E-state index contributed by atoms with van der Waals surface area (Å²) < 4.78 is 28.4. The average molecular weight is 299 g/mol. The van der Waals surface area contributed by atoms with E-state index >= 15 is 0 Å².